The molecule has 1 atom stereocenters. The Balaban J connectivity index is 3.25. The van der Waals surface area contributed by atoms with Crippen LogP contribution in [0.25, 0.3) is 0 Å². The number of unbranched alkanes of at least 4 members (excludes halogenated alkanes) is 15. The van der Waals surface area contributed by atoms with Crippen LogP contribution >= 0.6 is 0 Å². The lowest BCUT2D eigenvalue weighted by Crippen LogP contribution is -2.47. The first-order valence-electron chi connectivity index (χ1n) is 12.0. The highest BCUT2D eigenvalue weighted by Gasteiger charge is 2.21. The van der Waals surface area contributed by atoms with Crippen LogP contribution in [0.3, 0.4) is 0 Å². The molecule has 0 N–H and O–H groups in total. The summed E-state index contributed by atoms with van der Waals surface area (Å²) in [6.45, 7) is 9.85. The third-order valence-corrected chi connectivity index (χ3v) is 6.29. The third kappa shape index (κ3) is 15.9. The average molecular weight is 367 g/mol. The van der Waals surface area contributed by atoms with Gasteiger partial charge in [0.05, 0.1) is 26.7 Å². The van der Waals surface area contributed by atoms with Gasteiger partial charge < -0.3 is 4.48 Å². The molecule has 0 saturated heterocycles. The van der Waals surface area contributed by atoms with Gasteiger partial charge in [-0.25, -0.2) is 0 Å². The van der Waals surface area contributed by atoms with E-state index in [0.717, 1.165) is 10.9 Å². The van der Waals surface area contributed by atoms with Gasteiger partial charge in [0.25, 0.3) is 0 Å². The second-order valence-corrected chi connectivity index (χ2v) is 9.18. The van der Waals surface area contributed by atoms with Crippen LogP contribution < -0.4 is 0 Å². The maximum atomic E-state index is 3.88. The number of hydrogen-bond donors (Lipinski definition) is 0. The van der Waals surface area contributed by atoms with Crippen LogP contribution in [0.2, 0.25) is 0 Å². The molecule has 0 aliphatic heterocycles. The molecular weight excluding hydrogens is 314 g/mol. The molecular formula is C25H52N+. The molecule has 0 rings (SSSR count). The van der Waals surface area contributed by atoms with Crippen LogP contribution in [0.1, 0.15) is 123 Å². The summed E-state index contributed by atoms with van der Waals surface area (Å²) in [6.07, 6.45) is 26.4. The first kappa shape index (κ1) is 25.7. The summed E-state index contributed by atoms with van der Waals surface area (Å²) in [5.41, 5.74) is 0. The SMILES string of the molecule is C=CCC(C)[N+](C)(C)CCCCCCCCCCCCCCCCCC. The molecule has 0 amide bonds. The predicted octanol–water partition coefficient (Wildman–Crippen LogP) is 8.29. The predicted molar refractivity (Wildman–Crippen MR) is 121 cm³/mol. The number of rotatable bonds is 20. The Kier molecular flexibility index (Phi) is 17.9. The zero-order valence-electron chi connectivity index (χ0n) is 19.0. The van der Waals surface area contributed by atoms with Crippen molar-refractivity contribution in [3.05, 3.63) is 12.7 Å². The smallest absolute Gasteiger partial charge is 0.0892 e. The molecule has 26 heavy (non-hydrogen) atoms. The van der Waals surface area contributed by atoms with Crippen molar-refractivity contribution in [1.29, 1.82) is 0 Å². The monoisotopic (exact) mass is 366 g/mol. The lowest BCUT2D eigenvalue weighted by molar-refractivity contribution is -0.913. The van der Waals surface area contributed by atoms with Gasteiger partial charge in [0.1, 0.15) is 0 Å². The molecule has 0 fully saturated rings. The molecule has 0 aliphatic rings. The Hall–Kier alpha value is -0.300. The summed E-state index contributed by atoms with van der Waals surface area (Å²) in [7, 11) is 4.75. The van der Waals surface area contributed by atoms with E-state index in [1.807, 2.05) is 0 Å². The van der Waals surface area contributed by atoms with Crippen molar-refractivity contribution in [2.24, 2.45) is 0 Å². The van der Waals surface area contributed by atoms with E-state index < -0.39 is 0 Å². The third-order valence-electron chi connectivity index (χ3n) is 6.29. The highest BCUT2D eigenvalue weighted by atomic mass is 15.3. The molecule has 0 radical (unpaired) electrons. The minimum Gasteiger partial charge on any atom is -0.326 e. The summed E-state index contributed by atoms with van der Waals surface area (Å²) in [5.74, 6) is 0. The average Bonchev–Trinajstić information content (AvgIpc) is 2.61. The quantitative estimate of drug-likeness (QED) is 0.115. The van der Waals surface area contributed by atoms with Crippen LogP contribution in [0.15, 0.2) is 12.7 Å². The largest absolute Gasteiger partial charge is 0.326 e. The van der Waals surface area contributed by atoms with Crippen molar-refractivity contribution in [3.8, 4) is 0 Å². The van der Waals surface area contributed by atoms with Gasteiger partial charge in [-0.3, -0.25) is 0 Å². The van der Waals surface area contributed by atoms with Crippen LogP contribution in [0, 0.1) is 0 Å². The van der Waals surface area contributed by atoms with Crippen LogP contribution in [-0.4, -0.2) is 31.2 Å². The van der Waals surface area contributed by atoms with E-state index in [9.17, 15) is 0 Å². The number of quaternary nitrogens is 1. The molecule has 0 spiro atoms. The first-order valence-corrected chi connectivity index (χ1v) is 12.0. The van der Waals surface area contributed by atoms with Gasteiger partial charge in [0, 0.05) is 6.42 Å². The van der Waals surface area contributed by atoms with Crippen molar-refractivity contribution in [3.63, 3.8) is 0 Å². The van der Waals surface area contributed by atoms with Gasteiger partial charge in [0.2, 0.25) is 0 Å². The molecule has 0 aromatic carbocycles. The molecule has 0 aliphatic carbocycles. The summed E-state index contributed by atoms with van der Waals surface area (Å²) in [5, 5.41) is 0. The summed E-state index contributed by atoms with van der Waals surface area (Å²) in [6, 6.07) is 0.698. The Labute approximate surface area is 167 Å². The van der Waals surface area contributed by atoms with Crippen LogP contribution in [0.5, 0.6) is 0 Å². The van der Waals surface area contributed by atoms with E-state index in [2.05, 4.69) is 40.6 Å². The maximum Gasteiger partial charge on any atom is 0.0892 e. The van der Waals surface area contributed by atoms with E-state index in [4.69, 9.17) is 0 Å². The summed E-state index contributed by atoms with van der Waals surface area (Å²) in [4.78, 5) is 0. The van der Waals surface area contributed by atoms with E-state index in [1.54, 1.807) is 0 Å². The summed E-state index contributed by atoms with van der Waals surface area (Å²) >= 11 is 0. The van der Waals surface area contributed by atoms with E-state index in [1.165, 1.54) is 109 Å². The summed E-state index contributed by atoms with van der Waals surface area (Å²) < 4.78 is 1.14. The minimum atomic E-state index is 0.698. The number of hydrogen-bond acceptors (Lipinski definition) is 0. The van der Waals surface area contributed by atoms with Crippen molar-refractivity contribution in [2.45, 2.75) is 129 Å². The number of nitrogens with zero attached hydrogens (tertiary/aromatic N) is 1. The minimum absolute atomic E-state index is 0.698. The van der Waals surface area contributed by atoms with Crippen molar-refractivity contribution < 1.29 is 4.48 Å². The van der Waals surface area contributed by atoms with Gasteiger partial charge in [-0.15, -0.1) is 6.58 Å². The van der Waals surface area contributed by atoms with Gasteiger partial charge in [-0.05, 0) is 19.8 Å². The van der Waals surface area contributed by atoms with Crippen molar-refractivity contribution in [2.75, 3.05) is 20.6 Å². The molecule has 0 aromatic rings. The molecule has 0 heterocycles. The molecule has 1 nitrogen and oxygen atoms in total. The molecule has 1 heteroatoms. The fraction of sp³-hybridized carbons (Fsp3) is 0.920. The molecule has 0 saturated carbocycles. The molecule has 1 unspecified atom stereocenters. The highest BCUT2D eigenvalue weighted by molar-refractivity contribution is 4.70. The molecule has 0 bridgehead atoms. The molecule has 156 valence electrons. The van der Waals surface area contributed by atoms with Gasteiger partial charge >= 0.3 is 0 Å². The van der Waals surface area contributed by atoms with E-state index in [0.29, 0.717) is 6.04 Å². The first-order chi connectivity index (χ1) is 12.5. The van der Waals surface area contributed by atoms with Crippen LogP contribution in [-0.2, 0) is 0 Å². The maximum absolute atomic E-state index is 3.88. The van der Waals surface area contributed by atoms with E-state index >= 15 is 0 Å². The Bertz CT molecular complexity index is 295. The Morgan fingerprint density at radius 1 is 0.654 bits per heavy atom. The Morgan fingerprint density at radius 2 is 1.00 bits per heavy atom. The normalized spacial score (nSPS) is 13.1. The van der Waals surface area contributed by atoms with Gasteiger partial charge in [-0.2, -0.15) is 0 Å². The molecule has 0 aromatic heterocycles. The van der Waals surface area contributed by atoms with Gasteiger partial charge in [-0.1, -0.05) is 103 Å². The van der Waals surface area contributed by atoms with E-state index in [-0.39, 0.29) is 0 Å². The second kappa shape index (κ2) is 18.1. The lowest BCUT2D eigenvalue weighted by Gasteiger charge is -2.36. The highest BCUT2D eigenvalue weighted by Crippen LogP contribution is 2.16. The fourth-order valence-electron chi connectivity index (χ4n) is 3.81. The zero-order valence-corrected chi connectivity index (χ0v) is 19.0. The lowest BCUT2D eigenvalue weighted by atomic mass is 10.0. The standard InChI is InChI=1S/C25H52N/c1-6-8-9-10-11-12-13-14-15-16-17-18-19-20-21-22-24-26(4,5)25(3)23-7-2/h7,25H,2,6,8-24H2,1,3-5H3/q+1. The van der Waals surface area contributed by atoms with Crippen molar-refractivity contribution in [1.82, 2.24) is 0 Å². The fourth-order valence-corrected chi connectivity index (χ4v) is 3.81. The second-order valence-electron chi connectivity index (χ2n) is 9.18. The van der Waals surface area contributed by atoms with Gasteiger partial charge in [0.15, 0.2) is 0 Å². The topological polar surface area (TPSA) is 0 Å². The zero-order chi connectivity index (χ0) is 19.5. The van der Waals surface area contributed by atoms with Crippen LogP contribution in [0.4, 0.5) is 0 Å². The Morgan fingerprint density at radius 3 is 1.35 bits per heavy atom. The van der Waals surface area contributed by atoms with Crippen molar-refractivity contribution >= 4 is 0 Å².